The van der Waals surface area contributed by atoms with Crippen molar-refractivity contribution < 1.29 is 24.0 Å². The molecule has 1 amide bonds. The van der Waals surface area contributed by atoms with Crippen LogP contribution in [0.1, 0.15) is 11.1 Å². The summed E-state index contributed by atoms with van der Waals surface area (Å²) in [7, 11) is 1.28. The van der Waals surface area contributed by atoms with Crippen molar-refractivity contribution in [3.05, 3.63) is 63.7 Å². The number of nitro groups is 1. The molecule has 8 heteroatoms. The predicted molar refractivity (Wildman–Crippen MR) is 94.1 cm³/mol. The number of nitro benzene ring substituents is 1. The third kappa shape index (κ3) is 5.30. The molecule has 0 atom stereocenters. The Balaban J connectivity index is 1.95. The topological polar surface area (TPSA) is 108 Å². The minimum Gasteiger partial charge on any atom is -0.482 e. The van der Waals surface area contributed by atoms with Gasteiger partial charge < -0.3 is 14.8 Å². The lowest BCUT2D eigenvalue weighted by Gasteiger charge is -2.11. The van der Waals surface area contributed by atoms with E-state index >= 15 is 0 Å². The molecule has 0 saturated heterocycles. The van der Waals surface area contributed by atoms with Gasteiger partial charge in [-0.2, -0.15) is 0 Å². The third-order valence-electron chi connectivity index (χ3n) is 3.57. The van der Waals surface area contributed by atoms with Gasteiger partial charge in [0, 0.05) is 17.8 Å². The summed E-state index contributed by atoms with van der Waals surface area (Å²) >= 11 is 0. The van der Waals surface area contributed by atoms with E-state index in [4.69, 9.17) is 4.74 Å². The van der Waals surface area contributed by atoms with E-state index in [2.05, 4.69) is 10.1 Å². The third-order valence-corrected chi connectivity index (χ3v) is 3.57. The summed E-state index contributed by atoms with van der Waals surface area (Å²) in [6, 6.07) is 10.8. The maximum absolute atomic E-state index is 12.2. The number of nitrogens with one attached hydrogen (secondary N) is 1. The zero-order valence-electron chi connectivity index (χ0n) is 14.4. The lowest BCUT2D eigenvalue weighted by atomic mass is 10.1. The Bertz CT molecular complexity index is 817. The normalized spacial score (nSPS) is 10.1. The second-order valence-electron chi connectivity index (χ2n) is 5.49. The van der Waals surface area contributed by atoms with Gasteiger partial charge in [0.05, 0.1) is 18.5 Å². The largest absolute Gasteiger partial charge is 0.482 e. The lowest BCUT2D eigenvalue weighted by molar-refractivity contribution is -0.384. The molecule has 0 aliphatic rings. The van der Waals surface area contributed by atoms with Crippen molar-refractivity contribution in [3.8, 4) is 5.75 Å². The van der Waals surface area contributed by atoms with Crippen LogP contribution in [0.3, 0.4) is 0 Å². The van der Waals surface area contributed by atoms with Crippen molar-refractivity contribution >= 4 is 23.3 Å². The molecule has 0 aromatic heterocycles. The molecule has 8 nitrogen and oxygen atoms in total. The first kappa shape index (κ1) is 18.9. The molecule has 0 unspecified atom stereocenters. The number of hydrogen-bond donors (Lipinski definition) is 1. The number of ether oxygens (including phenoxy) is 2. The first-order chi connectivity index (χ1) is 12.4. The van der Waals surface area contributed by atoms with E-state index in [1.165, 1.54) is 19.2 Å². The first-order valence-electron chi connectivity index (χ1n) is 7.72. The number of hydrogen-bond acceptors (Lipinski definition) is 6. The van der Waals surface area contributed by atoms with Crippen molar-refractivity contribution in [2.45, 2.75) is 13.3 Å². The molecule has 2 aromatic rings. The summed E-state index contributed by atoms with van der Waals surface area (Å²) in [5, 5.41) is 13.4. The van der Waals surface area contributed by atoms with E-state index < -0.39 is 10.9 Å². The highest BCUT2D eigenvalue weighted by Gasteiger charge is 2.10. The number of non-ortho nitro benzene ring substituents is 1. The Labute approximate surface area is 149 Å². The van der Waals surface area contributed by atoms with Gasteiger partial charge in [0.15, 0.2) is 6.61 Å². The van der Waals surface area contributed by atoms with Crippen LogP contribution in [0.4, 0.5) is 11.4 Å². The summed E-state index contributed by atoms with van der Waals surface area (Å²) in [6.07, 6.45) is 0.0953. The number of amides is 1. The Morgan fingerprint density at radius 2 is 1.85 bits per heavy atom. The highest BCUT2D eigenvalue weighted by Crippen LogP contribution is 2.22. The van der Waals surface area contributed by atoms with E-state index in [1.54, 1.807) is 37.3 Å². The molecule has 1 N–H and O–H groups in total. The molecule has 2 rings (SSSR count). The standard InChI is InChI=1S/C18H18N2O6/c1-12-9-15(26-11-18(22)25-2)7-8-16(12)19-17(21)10-13-3-5-14(6-4-13)20(23)24/h3-9H,10-11H2,1-2H3,(H,19,21). The minimum absolute atomic E-state index is 0.0208. The van der Waals surface area contributed by atoms with Gasteiger partial charge in [-0.3, -0.25) is 14.9 Å². The fourth-order valence-corrected chi connectivity index (χ4v) is 2.18. The number of benzene rings is 2. The lowest BCUT2D eigenvalue weighted by Crippen LogP contribution is -2.15. The Morgan fingerprint density at radius 3 is 2.42 bits per heavy atom. The molecular formula is C18H18N2O6. The van der Waals surface area contributed by atoms with Crippen molar-refractivity contribution in [2.24, 2.45) is 0 Å². The monoisotopic (exact) mass is 358 g/mol. The fraction of sp³-hybridized carbons (Fsp3) is 0.222. The van der Waals surface area contributed by atoms with Gasteiger partial charge >= 0.3 is 5.97 Å². The predicted octanol–water partition coefficient (Wildman–Crippen LogP) is 2.64. The van der Waals surface area contributed by atoms with Gasteiger partial charge in [-0.15, -0.1) is 0 Å². The van der Waals surface area contributed by atoms with Crippen LogP contribution in [0.25, 0.3) is 0 Å². The van der Waals surface area contributed by atoms with Crippen LogP contribution in [0, 0.1) is 17.0 Å². The molecule has 0 aliphatic heterocycles. The van der Waals surface area contributed by atoms with Gasteiger partial charge in [0.25, 0.3) is 5.69 Å². The van der Waals surface area contributed by atoms with E-state index in [1.807, 2.05) is 0 Å². The highest BCUT2D eigenvalue weighted by molar-refractivity contribution is 5.93. The summed E-state index contributed by atoms with van der Waals surface area (Å²) < 4.78 is 9.78. The maximum Gasteiger partial charge on any atom is 0.343 e. The summed E-state index contributed by atoms with van der Waals surface area (Å²) in [5.41, 5.74) is 2.03. The van der Waals surface area contributed by atoms with Crippen LogP contribution in [0.15, 0.2) is 42.5 Å². The minimum atomic E-state index is -0.489. The van der Waals surface area contributed by atoms with E-state index in [0.717, 1.165) is 5.56 Å². The van der Waals surface area contributed by atoms with Crippen molar-refractivity contribution in [1.29, 1.82) is 0 Å². The molecule has 0 fully saturated rings. The molecule has 0 radical (unpaired) electrons. The summed E-state index contributed by atoms with van der Waals surface area (Å²) in [4.78, 5) is 33.4. The Hall–Kier alpha value is -3.42. The SMILES string of the molecule is COC(=O)COc1ccc(NC(=O)Cc2ccc([N+](=O)[O-])cc2)c(C)c1. The van der Waals surface area contributed by atoms with Gasteiger partial charge in [-0.25, -0.2) is 4.79 Å². The van der Waals surface area contributed by atoms with Gasteiger partial charge in [-0.05, 0) is 36.2 Å². The number of aryl methyl sites for hydroxylation is 1. The number of carbonyl (C=O) groups excluding carboxylic acids is 2. The number of methoxy groups -OCH3 is 1. The van der Waals surface area contributed by atoms with E-state index in [-0.39, 0.29) is 24.6 Å². The van der Waals surface area contributed by atoms with Crippen LogP contribution in [-0.2, 0) is 20.7 Å². The molecule has 136 valence electrons. The van der Waals surface area contributed by atoms with Crippen LogP contribution in [0.2, 0.25) is 0 Å². The second kappa shape index (κ2) is 8.61. The van der Waals surface area contributed by atoms with Crippen LogP contribution in [0.5, 0.6) is 5.75 Å². The number of rotatable bonds is 7. The summed E-state index contributed by atoms with van der Waals surface area (Å²) in [6.45, 7) is 1.61. The Kier molecular flexibility index (Phi) is 6.26. The molecule has 26 heavy (non-hydrogen) atoms. The van der Waals surface area contributed by atoms with E-state index in [9.17, 15) is 19.7 Å². The van der Waals surface area contributed by atoms with Crippen LogP contribution in [-0.4, -0.2) is 30.5 Å². The first-order valence-corrected chi connectivity index (χ1v) is 7.72. The smallest absolute Gasteiger partial charge is 0.343 e. The second-order valence-corrected chi connectivity index (χ2v) is 5.49. The van der Waals surface area contributed by atoms with Crippen molar-refractivity contribution in [2.75, 3.05) is 19.0 Å². The van der Waals surface area contributed by atoms with Crippen LogP contribution >= 0.6 is 0 Å². The molecule has 0 saturated carbocycles. The Morgan fingerprint density at radius 1 is 1.15 bits per heavy atom. The van der Waals surface area contributed by atoms with Gasteiger partial charge in [0.1, 0.15) is 5.75 Å². The zero-order chi connectivity index (χ0) is 19.1. The highest BCUT2D eigenvalue weighted by atomic mass is 16.6. The molecule has 0 spiro atoms. The number of nitrogens with zero attached hydrogens (tertiary/aromatic N) is 1. The van der Waals surface area contributed by atoms with E-state index in [0.29, 0.717) is 17.0 Å². The summed E-state index contributed by atoms with van der Waals surface area (Å²) in [5.74, 6) is -0.241. The average molecular weight is 358 g/mol. The van der Waals surface area contributed by atoms with Gasteiger partial charge in [0.2, 0.25) is 5.91 Å². The number of anilines is 1. The molecular weight excluding hydrogens is 340 g/mol. The average Bonchev–Trinajstić information content (AvgIpc) is 2.62. The maximum atomic E-state index is 12.2. The molecule has 0 heterocycles. The fourth-order valence-electron chi connectivity index (χ4n) is 2.18. The zero-order valence-corrected chi connectivity index (χ0v) is 14.4. The van der Waals surface area contributed by atoms with Crippen molar-refractivity contribution in [3.63, 3.8) is 0 Å². The molecule has 0 bridgehead atoms. The molecule has 0 aliphatic carbocycles. The number of esters is 1. The molecule has 2 aromatic carbocycles. The van der Waals surface area contributed by atoms with Crippen molar-refractivity contribution in [1.82, 2.24) is 0 Å². The number of carbonyl (C=O) groups is 2. The van der Waals surface area contributed by atoms with Crippen LogP contribution < -0.4 is 10.1 Å². The van der Waals surface area contributed by atoms with Gasteiger partial charge in [-0.1, -0.05) is 12.1 Å². The quantitative estimate of drug-likeness (QED) is 0.463.